The smallest absolute Gasteiger partial charge is 0.253 e. The van der Waals surface area contributed by atoms with Crippen molar-refractivity contribution in [1.29, 1.82) is 5.26 Å². The molecule has 0 atom stereocenters. The van der Waals surface area contributed by atoms with Crippen LogP contribution in [0, 0.1) is 11.3 Å². The summed E-state index contributed by atoms with van der Waals surface area (Å²) in [6.07, 6.45) is 1.83. The van der Waals surface area contributed by atoms with E-state index in [4.69, 9.17) is 10.00 Å². The molecule has 0 radical (unpaired) electrons. The largest absolute Gasteiger partial charge is 0.481 e. The van der Waals surface area contributed by atoms with E-state index in [1.807, 2.05) is 23.2 Å². The van der Waals surface area contributed by atoms with Gasteiger partial charge in [0.2, 0.25) is 5.88 Å². The number of hydrogen-bond donors (Lipinski definition) is 0. The van der Waals surface area contributed by atoms with Gasteiger partial charge in [-0.15, -0.1) is 0 Å². The van der Waals surface area contributed by atoms with Crippen molar-refractivity contribution < 1.29 is 9.53 Å². The fourth-order valence-corrected chi connectivity index (χ4v) is 2.86. The SMILES string of the molecule is COc1ccc(CN2CCN(C(=O)c3ccc(C#N)cc3)CC2)cn1. The summed E-state index contributed by atoms with van der Waals surface area (Å²) in [7, 11) is 1.60. The lowest BCUT2D eigenvalue weighted by Gasteiger charge is -2.34. The van der Waals surface area contributed by atoms with Crippen LogP contribution in [0.1, 0.15) is 21.5 Å². The van der Waals surface area contributed by atoms with E-state index in [0.29, 0.717) is 30.1 Å². The van der Waals surface area contributed by atoms with E-state index in [9.17, 15) is 4.79 Å². The van der Waals surface area contributed by atoms with Gasteiger partial charge >= 0.3 is 0 Å². The molecular formula is C19H20N4O2. The van der Waals surface area contributed by atoms with Crippen LogP contribution in [0.25, 0.3) is 0 Å². The summed E-state index contributed by atoms with van der Waals surface area (Å²) in [4.78, 5) is 20.9. The Kier molecular flexibility index (Phi) is 5.26. The standard InChI is InChI=1S/C19H20N4O2/c1-25-18-7-4-16(13-21-18)14-22-8-10-23(11-9-22)19(24)17-5-2-15(12-20)3-6-17/h2-7,13H,8-11,14H2,1H3. The Hall–Kier alpha value is -2.91. The monoisotopic (exact) mass is 336 g/mol. The van der Waals surface area contributed by atoms with Gasteiger partial charge in [0.25, 0.3) is 5.91 Å². The highest BCUT2D eigenvalue weighted by Crippen LogP contribution is 2.13. The molecule has 1 aliphatic rings. The highest BCUT2D eigenvalue weighted by atomic mass is 16.5. The van der Waals surface area contributed by atoms with Crippen LogP contribution >= 0.6 is 0 Å². The molecule has 1 saturated heterocycles. The lowest BCUT2D eigenvalue weighted by atomic mass is 10.1. The minimum absolute atomic E-state index is 0.0234. The molecule has 0 spiro atoms. The Morgan fingerprint density at radius 1 is 1.16 bits per heavy atom. The third kappa shape index (κ3) is 4.14. The number of methoxy groups -OCH3 is 1. The topological polar surface area (TPSA) is 69.5 Å². The van der Waals surface area contributed by atoms with Gasteiger partial charge in [-0.1, -0.05) is 6.07 Å². The second kappa shape index (κ2) is 7.77. The molecule has 1 aromatic carbocycles. The second-order valence-electron chi connectivity index (χ2n) is 5.97. The number of rotatable bonds is 4. The number of aromatic nitrogens is 1. The number of carbonyl (C=O) groups is 1. The first-order valence-corrected chi connectivity index (χ1v) is 8.20. The maximum absolute atomic E-state index is 12.5. The minimum Gasteiger partial charge on any atom is -0.481 e. The molecule has 128 valence electrons. The molecule has 0 saturated carbocycles. The molecule has 1 amide bonds. The highest BCUT2D eigenvalue weighted by molar-refractivity contribution is 5.94. The first-order valence-electron chi connectivity index (χ1n) is 8.20. The van der Waals surface area contributed by atoms with Crippen molar-refractivity contribution in [1.82, 2.24) is 14.8 Å². The molecule has 2 heterocycles. The van der Waals surface area contributed by atoms with Gasteiger partial charge in [-0.25, -0.2) is 4.98 Å². The molecule has 2 aromatic rings. The fourth-order valence-electron chi connectivity index (χ4n) is 2.86. The van der Waals surface area contributed by atoms with E-state index in [2.05, 4.69) is 16.0 Å². The number of nitrogens with zero attached hydrogens (tertiary/aromatic N) is 4. The minimum atomic E-state index is 0.0234. The summed E-state index contributed by atoms with van der Waals surface area (Å²) < 4.78 is 5.07. The summed E-state index contributed by atoms with van der Waals surface area (Å²) in [6.45, 7) is 3.86. The molecule has 0 unspecified atom stereocenters. The van der Waals surface area contributed by atoms with E-state index < -0.39 is 0 Å². The molecular weight excluding hydrogens is 316 g/mol. The predicted molar refractivity (Wildman–Crippen MR) is 93.1 cm³/mol. The average molecular weight is 336 g/mol. The predicted octanol–water partition coefficient (Wildman–Crippen LogP) is 1.92. The van der Waals surface area contributed by atoms with Crippen LogP contribution in [0.5, 0.6) is 5.88 Å². The Balaban J connectivity index is 1.53. The highest BCUT2D eigenvalue weighted by Gasteiger charge is 2.22. The van der Waals surface area contributed by atoms with Gasteiger partial charge in [0.15, 0.2) is 0 Å². The van der Waals surface area contributed by atoms with Crippen molar-refractivity contribution in [3.8, 4) is 11.9 Å². The van der Waals surface area contributed by atoms with Crippen molar-refractivity contribution in [3.63, 3.8) is 0 Å². The quantitative estimate of drug-likeness (QED) is 0.853. The zero-order valence-corrected chi connectivity index (χ0v) is 14.2. The van der Waals surface area contributed by atoms with Crippen molar-refractivity contribution in [2.24, 2.45) is 0 Å². The summed E-state index contributed by atoms with van der Waals surface area (Å²) in [6, 6.07) is 12.7. The molecule has 3 rings (SSSR count). The number of benzene rings is 1. The van der Waals surface area contributed by atoms with Crippen LogP contribution in [-0.2, 0) is 6.54 Å². The van der Waals surface area contributed by atoms with Crippen LogP contribution < -0.4 is 4.74 Å². The third-order valence-corrected chi connectivity index (χ3v) is 4.33. The molecule has 25 heavy (non-hydrogen) atoms. The third-order valence-electron chi connectivity index (χ3n) is 4.33. The van der Waals surface area contributed by atoms with Gasteiger partial charge < -0.3 is 9.64 Å². The molecule has 6 heteroatoms. The number of hydrogen-bond acceptors (Lipinski definition) is 5. The maximum Gasteiger partial charge on any atom is 0.253 e. The van der Waals surface area contributed by atoms with Gasteiger partial charge in [0.05, 0.1) is 18.7 Å². The number of carbonyl (C=O) groups excluding carboxylic acids is 1. The number of ether oxygens (including phenoxy) is 1. The van der Waals surface area contributed by atoms with Crippen molar-refractivity contribution in [3.05, 3.63) is 59.3 Å². The zero-order valence-electron chi connectivity index (χ0n) is 14.2. The van der Waals surface area contributed by atoms with Gasteiger partial charge in [0, 0.05) is 50.6 Å². The maximum atomic E-state index is 12.5. The Bertz CT molecular complexity index is 758. The summed E-state index contributed by atoms with van der Waals surface area (Å²) >= 11 is 0. The number of nitriles is 1. The Morgan fingerprint density at radius 2 is 1.88 bits per heavy atom. The van der Waals surface area contributed by atoms with Gasteiger partial charge in [0.1, 0.15) is 0 Å². The van der Waals surface area contributed by atoms with Crippen molar-refractivity contribution in [2.45, 2.75) is 6.54 Å². The first kappa shape index (κ1) is 16.9. The Labute approximate surface area is 147 Å². The van der Waals surface area contributed by atoms with E-state index in [0.717, 1.165) is 25.2 Å². The van der Waals surface area contributed by atoms with E-state index in [-0.39, 0.29) is 5.91 Å². The Morgan fingerprint density at radius 3 is 2.44 bits per heavy atom. The number of amides is 1. The van der Waals surface area contributed by atoms with E-state index >= 15 is 0 Å². The zero-order chi connectivity index (χ0) is 17.6. The number of pyridine rings is 1. The summed E-state index contributed by atoms with van der Waals surface area (Å²) in [5, 5.41) is 8.83. The normalized spacial score (nSPS) is 14.8. The van der Waals surface area contributed by atoms with Crippen LogP contribution in [0.3, 0.4) is 0 Å². The molecule has 1 fully saturated rings. The summed E-state index contributed by atoms with van der Waals surface area (Å²) in [5.41, 5.74) is 2.33. The fraction of sp³-hybridized carbons (Fsp3) is 0.316. The molecule has 1 aromatic heterocycles. The molecule has 6 nitrogen and oxygen atoms in total. The lowest BCUT2D eigenvalue weighted by Crippen LogP contribution is -2.48. The second-order valence-corrected chi connectivity index (χ2v) is 5.97. The molecule has 0 aliphatic carbocycles. The molecule has 0 N–H and O–H groups in total. The molecule has 0 bridgehead atoms. The molecule has 1 aliphatic heterocycles. The van der Waals surface area contributed by atoms with Gasteiger partial charge in [-0.05, 0) is 29.8 Å². The van der Waals surface area contributed by atoms with Crippen LogP contribution in [0.4, 0.5) is 0 Å². The van der Waals surface area contributed by atoms with Crippen LogP contribution in [0.15, 0.2) is 42.6 Å². The van der Waals surface area contributed by atoms with E-state index in [1.54, 1.807) is 31.4 Å². The van der Waals surface area contributed by atoms with Crippen molar-refractivity contribution >= 4 is 5.91 Å². The van der Waals surface area contributed by atoms with Crippen molar-refractivity contribution in [2.75, 3.05) is 33.3 Å². The first-order chi connectivity index (χ1) is 12.2. The van der Waals surface area contributed by atoms with Crippen LogP contribution in [-0.4, -0.2) is 54.0 Å². The van der Waals surface area contributed by atoms with Gasteiger partial charge in [-0.3, -0.25) is 9.69 Å². The number of piperazine rings is 1. The van der Waals surface area contributed by atoms with E-state index in [1.165, 1.54) is 0 Å². The van der Waals surface area contributed by atoms with Gasteiger partial charge in [-0.2, -0.15) is 5.26 Å². The van der Waals surface area contributed by atoms with Crippen LogP contribution in [0.2, 0.25) is 0 Å². The lowest BCUT2D eigenvalue weighted by molar-refractivity contribution is 0.0628. The average Bonchev–Trinajstić information content (AvgIpc) is 2.69. The summed E-state index contributed by atoms with van der Waals surface area (Å²) in [5.74, 6) is 0.636.